The molecule has 0 bridgehead atoms. The van der Waals surface area contributed by atoms with Crippen LogP contribution >= 0.6 is 0 Å². The second-order valence-corrected chi connectivity index (χ2v) is 19.3. The SMILES string of the molecule is CCCCCCCCCCOC(=O)[C@@H](OCCCCCCOc1ccc(N=Nc2ccc([N+](=O)[O-])cc2)cc1)[C@@H](OCCCCCCOc1ccc(N=Nc2ccc([N+](=O)[O-])cc2)cc1)C(=O)OCCCCCCCCCC. The number of nitrogens with zero attached hydrogens (tertiary/aromatic N) is 6. The monoisotopic (exact) mass is 1080 g/mol. The summed E-state index contributed by atoms with van der Waals surface area (Å²) in [5.74, 6) is 0.161. The van der Waals surface area contributed by atoms with E-state index in [-0.39, 0.29) is 37.8 Å². The van der Waals surface area contributed by atoms with Crippen LogP contribution in [-0.4, -0.2) is 73.6 Å². The number of azo groups is 2. The van der Waals surface area contributed by atoms with Crippen LogP contribution in [0.2, 0.25) is 0 Å². The summed E-state index contributed by atoms with van der Waals surface area (Å²) in [5.41, 5.74) is 2.23. The van der Waals surface area contributed by atoms with Crippen molar-refractivity contribution >= 4 is 46.1 Å². The zero-order valence-electron chi connectivity index (χ0n) is 46.2. The summed E-state index contributed by atoms with van der Waals surface area (Å²) in [7, 11) is 0. The number of hydrogen-bond acceptors (Lipinski definition) is 16. The molecule has 2 atom stereocenters. The lowest BCUT2D eigenvalue weighted by Crippen LogP contribution is -2.46. The summed E-state index contributed by atoms with van der Waals surface area (Å²) in [4.78, 5) is 48.6. The first-order chi connectivity index (χ1) is 38.2. The average Bonchev–Trinajstić information content (AvgIpc) is 3.45. The molecule has 78 heavy (non-hydrogen) atoms. The number of non-ortho nitro benzene ring substituents is 2. The Kier molecular flexibility index (Phi) is 33.2. The van der Waals surface area contributed by atoms with Gasteiger partial charge in [0.2, 0.25) is 0 Å². The van der Waals surface area contributed by atoms with Gasteiger partial charge in [-0.05, 0) is 124 Å². The third kappa shape index (κ3) is 28.1. The van der Waals surface area contributed by atoms with Crippen LogP contribution in [0, 0.1) is 20.2 Å². The van der Waals surface area contributed by atoms with Crippen molar-refractivity contribution in [2.75, 3.05) is 39.6 Å². The number of carbonyl (C=O) groups is 2. The molecule has 0 aliphatic carbocycles. The highest BCUT2D eigenvalue weighted by molar-refractivity contribution is 5.85. The molecule has 0 aliphatic heterocycles. The number of benzene rings is 4. The Bertz CT molecular complexity index is 2150. The van der Waals surface area contributed by atoms with Gasteiger partial charge in [-0.1, -0.05) is 117 Å². The predicted molar refractivity (Wildman–Crippen MR) is 302 cm³/mol. The minimum absolute atomic E-state index is 0.00953. The van der Waals surface area contributed by atoms with Gasteiger partial charge in [-0.3, -0.25) is 20.2 Å². The van der Waals surface area contributed by atoms with E-state index in [1.165, 1.54) is 75.6 Å². The van der Waals surface area contributed by atoms with Crippen molar-refractivity contribution in [2.45, 2.75) is 180 Å². The molecule has 4 aromatic carbocycles. The van der Waals surface area contributed by atoms with E-state index >= 15 is 0 Å². The molecule has 0 fully saturated rings. The summed E-state index contributed by atoms with van der Waals surface area (Å²) >= 11 is 0. The van der Waals surface area contributed by atoms with Gasteiger partial charge in [0.05, 0.1) is 59.0 Å². The van der Waals surface area contributed by atoms with Crippen LogP contribution in [0.15, 0.2) is 118 Å². The van der Waals surface area contributed by atoms with E-state index in [2.05, 4.69) is 34.3 Å². The largest absolute Gasteiger partial charge is 0.494 e. The number of esters is 2. The molecule has 18 heteroatoms. The molecule has 426 valence electrons. The quantitative estimate of drug-likeness (QED) is 0.0132. The minimum Gasteiger partial charge on any atom is -0.494 e. The second kappa shape index (κ2) is 40.5. The van der Waals surface area contributed by atoms with E-state index in [9.17, 15) is 29.8 Å². The van der Waals surface area contributed by atoms with Crippen LogP contribution in [-0.2, 0) is 28.5 Å². The van der Waals surface area contributed by atoms with Gasteiger partial charge >= 0.3 is 11.9 Å². The summed E-state index contributed by atoms with van der Waals surface area (Å²) in [6.45, 7) is 6.37. The van der Waals surface area contributed by atoms with Crippen LogP contribution in [0.25, 0.3) is 0 Å². The van der Waals surface area contributed by atoms with Gasteiger partial charge in [0.15, 0.2) is 12.2 Å². The average molecular weight is 1080 g/mol. The number of carbonyl (C=O) groups excluding carboxylic acids is 2. The topological polar surface area (TPSA) is 225 Å². The number of ether oxygens (including phenoxy) is 6. The highest BCUT2D eigenvalue weighted by atomic mass is 16.6. The van der Waals surface area contributed by atoms with Crippen molar-refractivity contribution in [1.29, 1.82) is 0 Å². The summed E-state index contributed by atoms with van der Waals surface area (Å²) in [6.07, 6.45) is 21.4. The molecule has 0 saturated heterocycles. The highest BCUT2D eigenvalue weighted by Crippen LogP contribution is 2.26. The zero-order valence-corrected chi connectivity index (χ0v) is 46.2. The maximum absolute atomic E-state index is 13.9. The molecular formula is C60H84N6O12. The first-order valence-corrected chi connectivity index (χ1v) is 28.5. The fraction of sp³-hybridized carbons (Fsp3) is 0.567. The number of hydrogen-bond donors (Lipinski definition) is 0. The first-order valence-electron chi connectivity index (χ1n) is 28.5. The smallest absolute Gasteiger partial charge is 0.338 e. The van der Waals surface area contributed by atoms with Gasteiger partial charge in [-0.2, -0.15) is 20.5 Å². The molecule has 0 unspecified atom stereocenters. The van der Waals surface area contributed by atoms with E-state index in [1.54, 1.807) is 48.5 Å². The Morgan fingerprint density at radius 2 is 0.628 bits per heavy atom. The Labute approximate surface area is 461 Å². The Balaban J connectivity index is 1.25. The molecule has 0 aliphatic rings. The summed E-state index contributed by atoms with van der Waals surface area (Å²) in [6, 6.07) is 26.1. The second-order valence-electron chi connectivity index (χ2n) is 19.3. The third-order valence-corrected chi connectivity index (χ3v) is 12.8. The highest BCUT2D eigenvalue weighted by Gasteiger charge is 2.38. The molecule has 4 aromatic rings. The predicted octanol–water partition coefficient (Wildman–Crippen LogP) is 17.1. The van der Waals surface area contributed by atoms with Crippen LogP contribution < -0.4 is 9.47 Å². The Morgan fingerprint density at radius 1 is 0.372 bits per heavy atom. The number of nitro benzene ring substituents is 2. The van der Waals surface area contributed by atoms with Gasteiger partial charge < -0.3 is 28.4 Å². The van der Waals surface area contributed by atoms with Crippen LogP contribution in [0.1, 0.15) is 168 Å². The van der Waals surface area contributed by atoms with Gasteiger partial charge in [-0.15, -0.1) is 0 Å². The molecule has 0 saturated carbocycles. The zero-order chi connectivity index (χ0) is 55.7. The van der Waals surface area contributed by atoms with Gasteiger partial charge in [0.1, 0.15) is 11.5 Å². The fourth-order valence-corrected chi connectivity index (χ4v) is 8.19. The number of rotatable bonds is 45. The molecule has 0 radical (unpaired) electrons. The Hall–Kier alpha value is -6.66. The number of unbranched alkanes of at least 4 members (excludes halogenated alkanes) is 20. The summed E-state index contributed by atoms with van der Waals surface area (Å²) in [5, 5.41) is 38.5. The standard InChI is InChI=1S/C60H84N6O12/c1-3-5-7-9-11-13-15-25-47-77-59(67)57(75-45-23-19-17-21-43-73-55-39-31-51(32-40-55)63-61-49-27-35-53(36-28-49)65(69)70)58(60(68)78-48-26-16-14-12-10-8-6-4-2)76-46-24-20-18-22-44-74-56-41-33-52(34-42-56)64-62-50-29-37-54(38-30-50)66(71)72/h27-42,57-58H,3-26,43-48H2,1-2H3/t57-,58+. The van der Waals surface area contributed by atoms with Crippen LogP contribution in [0.4, 0.5) is 34.1 Å². The lowest BCUT2D eigenvalue weighted by Gasteiger charge is -2.25. The molecule has 0 heterocycles. The van der Waals surface area contributed by atoms with Crippen LogP contribution in [0.5, 0.6) is 11.5 Å². The maximum Gasteiger partial charge on any atom is 0.338 e. The molecule has 18 nitrogen and oxygen atoms in total. The van der Waals surface area contributed by atoms with Crippen LogP contribution in [0.3, 0.4) is 0 Å². The van der Waals surface area contributed by atoms with Gasteiger partial charge in [-0.25, -0.2) is 9.59 Å². The lowest BCUT2D eigenvalue weighted by atomic mass is 10.1. The molecule has 0 aromatic heterocycles. The molecule has 0 spiro atoms. The molecule has 0 amide bonds. The number of nitro groups is 2. The van der Waals surface area contributed by atoms with E-state index in [0.29, 0.717) is 60.3 Å². The molecule has 4 rings (SSSR count). The summed E-state index contributed by atoms with van der Waals surface area (Å²) < 4.78 is 36.0. The van der Waals surface area contributed by atoms with Crippen molar-refractivity contribution in [1.82, 2.24) is 0 Å². The van der Waals surface area contributed by atoms with Crippen molar-refractivity contribution < 1.29 is 47.9 Å². The fourth-order valence-electron chi connectivity index (χ4n) is 8.19. The van der Waals surface area contributed by atoms with E-state index in [1.807, 2.05) is 24.3 Å². The van der Waals surface area contributed by atoms with Crippen molar-refractivity contribution in [3.05, 3.63) is 117 Å². The first kappa shape index (κ1) is 63.9. The lowest BCUT2D eigenvalue weighted by molar-refractivity contribution is -0.385. The van der Waals surface area contributed by atoms with Gasteiger partial charge in [0.25, 0.3) is 11.4 Å². The Morgan fingerprint density at radius 3 is 0.923 bits per heavy atom. The van der Waals surface area contributed by atoms with Gasteiger partial charge in [0, 0.05) is 37.5 Å². The van der Waals surface area contributed by atoms with E-state index in [0.717, 1.165) is 89.9 Å². The minimum atomic E-state index is -1.27. The van der Waals surface area contributed by atoms with Crippen molar-refractivity contribution in [2.24, 2.45) is 20.5 Å². The normalized spacial score (nSPS) is 12.2. The molecule has 0 N–H and O–H groups in total. The third-order valence-electron chi connectivity index (χ3n) is 12.8. The van der Waals surface area contributed by atoms with Crippen molar-refractivity contribution in [3.8, 4) is 11.5 Å². The van der Waals surface area contributed by atoms with E-state index < -0.39 is 34.0 Å². The van der Waals surface area contributed by atoms with Crippen molar-refractivity contribution in [3.63, 3.8) is 0 Å². The van der Waals surface area contributed by atoms with E-state index in [4.69, 9.17) is 28.4 Å². The molecular weight excluding hydrogens is 997 g/mol. The maximum atomic E-state index is 13.9.